The van der Waals surface area contributed by atoms with Crippen molar-refractivity contribution >= 4 is 11.6 Å². The average molecular weight is 231 g/mol. The summed E-state index contributed by atoms with van der Waals surface area (Å²) in [6.07, 6.45) is 8.82. The summed E-state index contributed by atoms with van der Waals surface area (Å²) in [5, 5.41) is 12.0. The zero-order chi connectivity index (χ0) is 12.1. The van der Waals surface area contributed by atoms with Gasteiger partial charge in [-0.25, -0.2) is 9.97 Å². The molecule has 0 aliphatic heterocycles. The number of anilines is 2. The Bertz CT molecular complexity index is 408. The molecule has 1 N–H and O–H groups in total. The van der Waals surface area contributed by atoms with E-state index in [0.29, 0.717) is 5.82 Å². The lowest BCUT2D eigenvalue weighted by molar-refractivity contribution is 0.303. The Morgan fingerprint density at radius 2 is 2.35 bits per heavy atom. The number of aromatic nitrogens is 2. The van der Waals surface area contributed by atoms with Gasteiger partial charge in [-0.3, -0.25) is 4.90 Å². The van der Waals surface area contributed by atoms with Crippen LogP contribution in [0.4, 0.5) is 11.6 Å². The SMILES string of the molecule is CN(C#N)c1cc(NCCC2CCC2)ncn1. The van der Waals surface area contributed by atoms with Crippen LogP contribution in [0, 0.1) is 17.4 Å². The van der Waals surface area contributed by atoms with Crippen LogP contribution in [-0.2, 0) is 0 Å². The van der Waals surface area contributed by atoms with E-state index < -0.39 is 0 Å². The summed E-state index contributed by atoms with van der Waals surface area (Å²) in [4.78, 5) is 9.59. The fraction of sp³-hybridized carbons (Fsp3) is 0.583. The topological polar surface area (TPSA) is 64.8 Å². The second-order valence-electron chi connectivity index (χ2n) is 4.43. The predicted molar refractivity (Wildman–Crippen MR) is 66.5 cm³/mol. The minimum Gasteiger partial charge on any atom is -0.370 e. The summed E-state index contributed by atoms with van der Waals surface area (Å²) >= 11 is 0. The fourth-order valence-corrected chi connectivity index (χ4v) is 1.86. The number of nitriles is 1. The Balaban J connectivity index is 1.85. The first-order valence-corrected chi connectivity index (χ1v) is 5.99. The molecule has 90 valence electrons. The van der Waals surface area contributed by atoms with Crippen molar-refractivity contribution < 1.29 is 0 Å². The summed E-state index contributed by atoms with van der Waals surface area (Å²) in [7, 11) is 1.68. The standard InChI is InChI=1S/C12H17N5/c1-17(8-13)12-7-11(15-9-16-12)14-6-5-10-3-2-4-10/h7,9-10H,2-6H2,1H3,(H,14,15,16). The second kappa shape index (κ2) is 5.48. The first-order valence-electron chi connectivity index (χ1n) is 5.99. The summed E-state index contributed by atoms with van der Waals surface area (Å²) in [5.41, 5.74) is 0. The molecule has 0 aromatic carbocycles. The van der Waals surface area contributed by atoms with Crippen LogP contribution in [0.2, 0.25) is 0 Å². The van der Waals surface area contributed by atoms with Crippen LogP contribution in [0.25, 0.3) is 0 Å². The second-order valence-corrected chi connectivity index (χ2v) is 4.43. The van der Waals surface area contributed by atoms with E-state index in [1.807, 2.05) is 6.19 Å². The average Bonchev–Trinajstić information content (AvgIpc) is 2.32. The van der Waals surface area contributed by atoms with Crippen LogP contribution >= 0.6 is 0 Å². The Hall–Kier alpha value is -1.83. The van der Waals surface area contributed by atoms with Crippen molar-refractivity contribution in [3.05, 3.63) is 12.4 Å². The molecule has 2 rings (SSSR count). The van der Waals surface area contributed by atoms with Gasteiger partial charge in [0, 0.05) is 19.7 Å². The Morgan fingerprint density at radius 1 is 1.53 bits per heavy atom. The fourth-order valence-electron chi connectivity index (χ4n) is 1.86. The van der Waals surface area contributed by atoms with Crippen molar-refractivity contribution in [2.24, 2.45) is 5.92 Å². The summed E-state index contributed by atoms with van der Waals surface area (Å²) in [6.45, 7) is 0.942. The molecule has 1 aromatic rings. The molecule has 5 heteroatoms. The molecule has 1 aliphatic rings. The van der Waals surface area contributed by atoms with Gasteiger partial charge in [-0.15, -0.1) is 0 Å². The predicted octanol–water partition coefficient (Wildman–Crippen LogP) is 2.00. The Labute approximate surface area is 101 Å². The zero-order valence-electron chi connectivity index (χ0n) is 10.1. The highest BCUT2D eigenvalue weighted by molar-refractivity contribution is 5.50. The number of hydrogen-bond donors (Lipinski definition) is 1. The number of nitrogens with zero attached hydrogens (tertiary/aromatic N) is 4. The lowest BCUT2D eigenvalue weighted by Crippen LogP contribution is -2.16. The van der Waals surface area contributed by atoms with E-state index in [9.17, 15) is 0 Å². The molecule has 0 atom stereocenters. The van der Waals surface area contributed by atoms with E-state index >= 15 is 0 Å². The molecule has 17 heavy (non-hydrogen) atoms. The van der Waals surface area contributed by atoms with Crippen LogP contribution in [-0.4, -0.2) is 23.6 Å². The molecule has 0 unspecified atom stereocenters. The van der Waals surface area contributed by atoms with Gasteiger partial charge in [-0.1, -0.05) is 19.3 Å². The largest absolute Gasteiger partial charge is 0.370 e. The van der Waals surface area contributed by atoms with E-state index in [4.69, 9.17) is 5.26 Å². The molecular weight excluding hydrogens is 214 g/mol. The minimum absolute atomic E-state index is 0.619. The Morgan fingerprint density at radius 3 is 3.00 bits per heavy atom. The molecule has 5 nitrogen and oxygen atoms in total. The van der Waals surface area contributed by atoms with E-state index in [-0.39, 0.29) is 0 Å². The number of nitrogens with one attached hydrogen (secondary N) is 1. The van der Waals surface area contributed by atoms with Gasteiger partial charge in [-0.2, -0.15) is 5.26 Å². The van der Waals surface area contributed by atoms with E-state index in [1.54, 1.807) is 13.1 Å². The highest BCUT2D eigenvalue weighted by atomic mass is 15.2. The normalized spacial score (nSPS) is 14.8. The maximum Gasteiger partial charge on any atom is 0.185 e. The molecular formula is C12H17N5. The van der Waals surface area contributed by atoms with Crippen LogP contribution in [0.5, 0.6) is 0 Å². The lowest BCUT2D eigenvalue weighted by Gasteiger charge is -2.25. The van der Waals surface area contributed by atoms with Crippen LogP contribution in [0.1, 0.15) is 25.7 Å². The van der Waals surface area contributed by atoms with Crippen LogP contribution in [0.15, 0.2) is 12.4 Å². The number of hydrogen-bond acceptors (Lipinski definition) is 5. The first-order chi connectivity index (χ1) is 8.29. The molecule has 1 saturated carbocycles. The smallest absolute Gasteiger partial charge is 0.185 e. The maximum absolute atomic E-state index is 8.76. The summed E-state index contributed by atoms with van der Waals surface area (Å²) in [6, 6.07) is 1.80. The molecule has 0 bridgehead atoms. The van der Waals surface area contributed by atoms with Crippen molar-refractivity contribution in [1.29, 1.82) is 5.26 Å². The first kappa shape index (κ1) is 11.6. The van der Waals surface area contributed by atoms with Crippen molar-refractivity contribution in [2.75, 3.05) is 23.8 Å². The third-order valence-corrected chi connectivity index (χ3v) is 3.23. The Kier molecular flexibility index (Phi) is 3.76. The molecule has 0 amide bonds. The minimum atomic E-state index is 0.619. The van der Waals surface area contributed by atoms with Crippen molar-refractivity contribution in [3.63, 3.8) is 0 Å². The lowest BCUT2D eigenvalue weighted by atomic mass is 9.83. The van der Waals surface area contributed by atoms with Gasteiger partial charge >= 0.3 is 0 Å². The van der Waals surface area contributed by atoms with Crippen molar-refractivity contribution in [2.45, 2.75) is 25.7 Å². The zero-order valence-corrected chi connectivity index (χ0v) is 10.1. The van der Waals surface area contributed by atoms with Gasteiger partial charge in [0.2, 0.25) is 0 Å². The highest BCUT2D eigenvalue weighted by Gasteiger charge is 2.16. The summed E-state index contributed by atoms with van der Waals surface area (Å²) < 4.78 is 0. The van der Waals surface area contributed by atoms with Gasteiger partial charge in [0.15, 0.2) is 6.19 Å². The molecule has 1 fully saturated rings. The molecule has 0 saturated heterocycles. The van der Waals surface area contributed by atoms with E-state index in [2.05, 4.69) is 15.3 Å². The summed E-state index contributed by atoms with van der Waals surface area (Å²) in [5.74, 6) is 2.30. The van der Waals surface area contributed by atoms with E-state index in [0.717, 1.165) is 18.3 Å². The molecule has 0 spiro atoms. The van der Waals surface area contributed by atoms with Gasteiger partial charge in [-0.05, 0) is 12.3 Å². The quantitative estimate of drug-likeness (QED) is 0.620. The van der Waals surface area contributed by atoms with Crippen molar-refractivity contribution in [3.8, 4) is 6.19 Å². The van der Waals surface area contributed by atoms with Crippen LogP contribution in [0.3, 0.4) is 0 Å². The van der Waals surface area contributed by atoms with Crippen LogP contribution < -0.4 is 10.2 Å². The van der Waals surface area contributed by atoms with Gasteiger partial charge in [0.05, 0.1) is 0 Å². The van der Waals surface area contributed by atoms with Crippen molar-refractivity contribution in [1.82, 2.24) is 9.97 Å². The van der Waals surface area contributed by atoms with Gasteiger partial charge in [0.25, 0.3) is 0 Å². The highest BCUT2D eigenvalue weighted by Crippen LogP contribution is 2.29. The maximum atomic E-state index is 8.76. The van der Waals surface area contributed by atoms with Gasteiger partial charge < -0.3 is 5.32 Å². The number of rotatable bonds is 5. The molecule has 1 heterocycles. The third-order valence-electron chi connectivity index (χ3n) is 3.23. The van der Waals surface area contributed by atoms with E-state index in [1.165, 1.54) is 36.9 Å². The molecule has 1 aromatic heterocycles. The van der Waals surface area contributed by atoms with Gasteiger partial charge in [0.1, 0.15) is 18.0 Å². The monoisotopic (exact) mass is 231 g/mol. The molecule has 0 radical (unpaired) electrons. The third kappa shape index (κ3) is 3.06. The molecule has 1 aliphatic carbocycles.